The molecule has 2 heterocycles. The number of likely N-dealkylation sites (N-methyl/N-ethyl adjacent to an activating group) is 1. The van der Waals surface area contributed by atoms with Crippen molar-refractivity contribution in [2.75, 3.05) is 7.05 Å². The lowest BCUT2D eigenvalue weighted by atomic mass is 9.95. The first-order valence-corrected chi connectivity index (χ1v) is 13.1. The quantitative estimate of drug-likeness (QED) is 0.138. The lowest BCUT2D eigenvalue weighted by molar-refractivity contribution is -0.107. The molecule has 9 heteroatoms. The van der Waals surface area contributed by atoms with Crippen LogP contribution in [0.3, 0.4) is 0 Å². The molecule has 0 aliphatic rings. The minimum absolute atomic E-state index is 0.184. The molecule has 1 atom stereocenters. The maximum Gasteiger partial charge on any atom is 0.126 e. The van der Waals surface area contributed by atoms with Crippen LogP contribution in [0.25, 0.3) is 22.0 Å². The van der Waals surface area contributed by atoms with Crippen LogP contribution in [0.1, 0.15) is 22.9 Å². The van der Waals surface area contributed by atoms with Crippen LogP contribution < -0.4 is 10.5 Å². The van der Waals surface area contributed by atoms with Gasteiger partial charge in [-0.2, -0.15) is 0 Å². The first-order chi connectivity index (χ1) is 18.9. The summed E-state index contributed by atoms with van der Waals surface area (Å²) in [6.07, 6.45) is 5.17. The molecule has 0 aliphatic carbocycles. The molecule has 0 aliphatic heterocycles. The highest BCUT2D eigenvalue weighted by Crippen LogP contribution is 2.30. The molecule has 5 N–H and O–H groups in total. The van der Waals surface area contributed by atoms with E-state index in [0.29, 0.717) is 18.4 Å². The van der Waals surface area contributed by atoms with Crippen molar-refractivity contribution in [2.45, 2.75) is 23.8 Å². The lowest BCUT2D eigenvalue weighted by Crippen LogP contribution is -2.21. The molecular weight excluding hydrogens is 518 g/mol. The second kappa shape index (κ2) is 13.1. The van der Waals surface area contributed by atoms with Gasteiger partial charge in [-0.05, 0) is 90.6 Å². The summed E-state index contributed by atoms with van der Waals surface area (Å²) in [4.78, 5) is 18.9. The van der Waals surface area contributed by atoms with Crippen LogP contribution >= 0.6 is 11.9 Å². The number of nitrogens with one attached hydrogen (secondary N) is 2. The summed E-state index contributed by atoms with van der Waals surface area (Å²) in [6.45, 7) is 0. The van der Waals surface area contributed by atoms with E-state index in [0.717, 1.165) is 50.5 Å². The molecule has 1 unspecified atom stereocenters. The van der Waals surface area contributed by atoms with E-state index in [9.17, 15) is 18.7 Å². The number of hydrogen-bond acceptors (Lipinski definition) is 6. The zero-order valence-corrected chi connectivity index (χ0v) is 22.0. The second-order valence-corrected chi connectivity index (χ2v) is 9.52. The number of aromatic nitrogens is 2. The van der Waals surface area contributed by atoms with Crippen LogP contribution in [0.15, 0.2) is 90.1 Å². The van der Waals surface area contributed by atoms with Gasteiger partial charge in [0.15, 0.2) is 0 Å². The maximum absolute atomic E-state index is 13.5. The summed E-state index contributed by atoms with van der Waals surface area (Å²) >= 11 is 1.19. The molecule has 3 aromatic carbocycles. The van der Waals surface area contributed by atoms with Gasteiger partial charge in [-0.1, -0.05) is 18.2 Å². The highest BCUT2D eigenvalue weighted by molar-refractivity contribution is 7.97. The standard InChI is InChI=1S/C20H19F2N3S.C10H9NO2/c1-24-19(11-13-9-15(21)12-16(22)10-13)20-18(3-2-8-25-20)14-4-6-17(26-23)7-5-14;12-4-3-7-6-11-10-2-1-8(13)5-9(7)10/h2-10,12,19,24H,11,23H2,1H3;1-2,4-6,11,13H,3H2. The number of phenolic OH excluding ortho intramolecular Hbond substituents is 1. The summed E-state index contributed by atoms with van der Waals surface area (Å²) in [6, 6.07) is 20.2. The second-order valence-electron chi connectivity index (χ2n) is 8.82. The number of phenols is 1. The molecule has 5 aromatic rings. The van der Waals surface area contributed by atoms with Gasteiger partial charge < -0.3 is 20.2 Å². The predicted octanol–water partition coefficient (Wildman–Crippen LogP) is 6.11. The van der Waals surface area contributed by atoms with Crippen molar-refractivity contribution in [3.8, 4) is 16.9 Å². The number of H-pyrrole nitrogens is 1. The van der Waals surface area contributed by atoms with Crippen molar-refractivity contribution in [1.29, 1.82) is 0 Å². The zero-order chi connectivity index (χ0) is 27.8. The Morgan fingerprint density at radius 3 is 2.49 bits per heavy atom. The number of nitrogens with two attached hydrogens (primary N) is 1. The van der Waals surface area contributed by atoms with E-state index in [4.69, 9.17) is 5.14 Å². The molecule has 0 fully saturated rings. The fraction of sp³-hybridized carbons (Fsp3) is 0.133. The van der Waals surface area contributed by atoms with Crippen LogP contribution in [-0.2, 0) is 17.6 Å². The molecule has 0 saturated heterocycles. The first-order valence-electron chi connectivity index (χ1n) is 12.2. The van der Waals surface area contributed by atoms with Gasteiger partial charge in [0.25, 0.3) is 0 Å². The number of benzene rings is 3. The molecule has 6 nitrogen and oxygen atoms in total. The van der Waals surface area contributed by atoms with Gasteiger partial charge in [-0.15, -0.1) is 0 Å². The Bertz CT molecular complexity index is 1540. The predicted molar refractivity (Wildman–Crippen MR) is 151 cm³/mol. The molecule has 0 radical (unpaired) electrons. The Morgan fingerprint density at radius 2 is 1.82 bits per heavy atom. The Balaban J connectivity index is 0.000000226. The van der Waals surface area contributed by atoms with Crippen molar-refractivity contribution in [3.63, 3.8) is 0 Å². The summed E-state index contributed by atoms with van der Waals surface area (Å²) in [5.41, 5.74) is 5.24. The molecule has 0 spiro atoms. The number of halogens is 2. The minimum atomic E-state index is -0.578. The molecular formula is C30H28F2N4O2S. The molecule has 39 heavy (non-hydrogen) atoms. The number of carbonyl (C=O) groups excluding carboxylic acids is 1. The van der Waals surface area contributed by atoms with Gasteiger partial charge in [0.2, 0.25) is 0 Å². The Labute approximate surface area is 229 Å². The Kier molecular flexibility index (Phi) is 9.43. The monoisotopic (exact) mass is 546 g/mol. The van der Waals surface area contributed by atoms with Crippen LogP contribution in [0.5, 0.6) is 5.75 Å². The van der Waals surface area contributed by atoms with Crippen LogP contribution in [0.4, 0.5) is 8.78 Å². The highest BCUT2D eigenvalue weighted by Gasteiger charge is 2.17. The SMILES string of the molecule is CNC(Cc1cc(F)cc(F)c1)c1ncccc1-c1ccc(SN)cc1.O=CCc1c[nH]c2ccc(O)cc12. The first kappa shape index (κ1) is 28.0. The number of nitrogens with zero attached hydrogens (tertiary/aromatic N) is 1. The zero-order valence-electron chi connectivity index (χ0n) is 21.2. The van der Waals surface area contributed by atoms with Gasteiger partial charge >= 0.3 is 0 Å². The average molecular weight is 547 g/mol. The Morgan fingerprint density at radius 1 is 1.08 bits per heavy atom. The van der Waals surface area contributed by atoms with Crippen LogP contribution in [0, 0.1) is 11.6 Å². The smallest absolute Gasteiger partial charge is 0.126 e. The van der Waals surface area contributed by atoms with Crippen molar-refractivity contribution >= 4 is 29.1 Å². The van der Waals surface area contributed by atoms with Gasteiger partial charge in [-0.25, -0.2) is 8.78 Å². The number of carbonyl (C=O) groups is 1. The fourth-order valence-corrected chi connectivity index (χ4v) is 4.67. The van der Waals surface area contributed by atoms with Crippen LogP contribution in [-0.4, -0.2) is 28.4 Å². The van der Waals surface area contributed by atoms with Gasteiger partial charge in [-0.3, -0.25) is 10.1 Å². The minimum Gasteiger partial charge on any atom is -0.508 e. The molecule has 200 valence electrons. The molecule has 0 bridgehead atoms. The molecule has 5 rings (SSSR count). The van der Waals surface area contributed by atoms with E-state index in [-0.39, 0.29) is 11.8 Å². The van der Waals surface area contributed by atoms with E-state index in [1.54, 1.807) is 30.6 Å². The number of hydrogen-bond donors (Lipinski definition) is 4. The summed E-state index contributed by atoms with van der Waals surface area (Å²) < 4.78 is 27.0. The number of pyridine rings is 1. The topological polar surface area (TPSA) is 104 Å². The van der Waals surface area contributed by atoms with Gasteiger partial charge in [0.05, 0.1) is 11.7 Å². The molecule has 0 saturated carbocycles. The van der Waals surface area contributed by atoms with E-state index in [2.05, 4.69) is 15.3 Å². The number of aromatic hydroxyl groups is 1. The summed E-state index contributed by atoms with van der Waals surface area (Å²) in [7, 11) is 1.81. The van der Waals surface area contributed by atoms with Crippen molar-refractivity contribution in [1.82, 2.24) is 15.3 Å². The van der Waals surface area contributed by atoms with E-state index in [1.807, 2.05) is 43.4 Å². The number of rotatable bonds is 8. The third kappa shape index (κ3) is 7.08. The molecule has 0 amide bonds. The molecule has 2 aromatic heterocycles. The number of aldehydes is 1. The third-order valence-electron chi connectivity index (χ3n) is 6.23. The number of aromatic amines is 1. The van der Waals surface area contributed by atoms with Crippen LogP contribution in [0.2, 0.25) is 0 Å². The van der Waals surface area contributed by atoms with Crippen molar-refractivity contribution in [2.24, 2.45) is 5.14 Å². The van der Waals surface area contributed by atoms with E-state index in [1.165, 1.54) is 24.1 Å². The number of fused-ring (bicyclic) bond motifs is 1. The largest absolute Gasteiger partial charge is 0.508 e. The highest BCUT2D eigenvalue weighted by atomic mass is 32.2. The van der Waals surface area contributed by atoms with Crippen molar-refractivity contribution in [3.05, 3.63) is 114 Å². The normalized spacial score (nSPS) is 11.6. The van der Waals surface area contributed by atoms with Gasteiger partial charge in [0, 0.05) is 46.2 Å². The summed E-state index contributed by atoms with van der Waals surface area (Å²) in [5, 5.41) is 18.9. The van der Waals surface area contributed by atoms with Crippen molar-refractivity contribution < 1.29 is 18.7 Å². The summed E-state index contributed by atoms with van der Waals surface area (Å²) in [5.74, 6) is -0.934. The average Bonchev–Trinajstić information content (AvgIpc) is 3.33. The third-order valence-corrected chi connectivity index (χ3v) is 6.78. The Hall–Kier alpha value is -4.05. The van der Waals surface area contributed by atoms with E-state index < -0.39 is 11.6 Å². The fourth-order valence-electron chi connectivity index (χ4n) is 4.38. The lowest BCUT2D eigenvalue weighted by Gasteiger charge is -2.19. The maximum atomic E-state index is 13.5. The van der Waals surface area contributed by atoms with Gasteiger partial charge in [0.1, 0.15) is 23.7 Å². The van der Waals surface area contributed by atoms with E-state index >= 15 is 0 Å².